The van der Waals surface area contributed by atoms with Crippen molar-refractivity contribution in [2.24, 2.45) is 5.92 Å². The van der Waals surface area contributed by atoms with E-state index < -0.39 is 5.82 Å². The second kappa shape index (κ2) is 6.52. The van der Waals surface area contributed by atoms with Gasteiger partial charge in [-0.3, -0.25) is 4.79 Å². The number of carbonyl (C=O) groups excluding carboxylic acids is 1. The molecule has 1 unspecified atom stereocenters. The van der Waals surface area contributed by atoms with E-state index in [1.54, 1.807) is 0 Å². The Kier molecular flexibility index (Phi) is 4.74. The van der Waals surface area contributed by atoms with Gasteiger partial charge in [0.05, 0.1) is 0 Å². The zero-order chi connectivity index (χ0) is 13.7. The monoisotopic (exact) mass is 267 g/mol. The number of hydrogen-bond donors (Lipinski definition) is 2. The summed E-state index contributed by atoms with van der Waals surface area (Å²) in [6.45, 7) is 1.53. The summed E-state index contributed by atoms with van der Waals surface area (Å²) in [7, 11) is 0. The van der Waals surface area contributed by atoms with Gasteiger partial charge in [-0.05, 0) is 31.2 Å². The molecule has 2 rings (SSSR count). The van der Waals surface area contributed by atoms with E-state index in [9.17, 15) is 14.3 Å². The van der Waals surface area contributed by atoms with Gasteiger partial charge in [0.2, 0.25) is 5.91 Å². The molecule has 1 atom stereocenters. The van der Waals surface area contributed by atoms with Crippen LogP contribution < -0.4 is 5.32 Å². The average molecular weight is 267 g/mol. The largest absolute Gasteiger partial charge is 0.508 e. The molecule has 1 heterocycles. The zero-order valence-electron chi connectivity index (χ0n) is 10.7. The Morgan fingerprint density at radius 3 is 3.00 bits per heavy atom. The third kappa shape index (κ3) is 4.52. The van der Waals surface area contributed by atoms with Crippen molar-refractivity contribution in [3.63, 3.8) is 0 Å². The molecule has 0 aliphatic carbocycles. The van der Waals surface area contributed by atoms with E-state index in [0.717, 1.165) is 31.9 Å². The van der Waals surface area contributed by atoms with Crippen LogP contribution in [0.1, 0.15) is 25.7 Å². The molecular weight excluding hydrogens is 249 g/mol. The predicted molar refractivity (Wildman–Crippen MR) is 69.5 cm³/mol. The maximum atomic E-state index is 13.0. The Labute approximate surface area is 111 Å². The van der Waals surface area contributed by atoms with Crippen molar-refractivity contribution in [1.82, 2.24) is 0 Å². The lowest BCUT2D eigenvalue weighted by Crippen LogP contribution is -2.20. The first kappa shape index (κ1) is 13.8. The average Bonchev–Trinajstić information content (AvgIpc) is 2.36. The topological polar surface area (TPSA) is 58.6 Å². The molecule has 1 fully saturated rings. The lowest BCUT2D eigenvalue weighted by molar-refractivity contribution is -0.116. The number of ether oxygens (including phenoxy) is 1. The molecule has 104 valence electrons. The number of aromatic hydroxyl groups is 1. The van der Waals surface area contributed by atoms with E-state index in [0.29, 0.717) is 18.9 Å². The maximum absolute atomic E-state index is 13.0. The van der Waals surface area contributed by atoms with Crippen LogP contribution in [0.15, 0.2) is 18.2 Å². The van der Waals surface area contributed by atoms with Crippen molar-refractivity contribution in [3.05, 3.63) is 24.0 Å². The molecule has 1 aliphatic rings. The molecule has 0 bridgehead atoms. The minimum absolute atomic E-state index is 0.171. The summed E-state index contributed by atoms with van der Waals surface area (Å²) in [6.07, 6.45) is 3.29. The van der Waals surface area contributed by atoms with E-state index in [2.05, 4.69) is 5.32 Å². The van der Waals surface area contributed by atoms with Gasteiger partial charge in [-0.2, -0.15) is 0 Å². The Morgan fingerprint density at radius 1 is 1.47 bits per heavy atom. The Balaban J connectivity index is 1.80. The number of anilines is 1. The van der Waals surface area contributed by atoms with Gasteiger partial charge in [-0.1, -0.05) is 0 Å². The minimum Gasteiger partial charge on any atom is -0.508 e. The van der Waals surface area contributed by atoms with Crippen LogP contribution in [0, 0.1) is 11.7 Å². The second-order valence-electron chi connectivity index (χ2n) is 4.87. The molecule has 1 aromatic carbocycles. The van der Waals surface area contributed by atoms with Gasteiger partial charge in [0, 0.05) is 37.5 Å². The summed E-state index contributed by atoms with van der Waals surface area (Å²) < 4.78 is 18.4. The van der Waals surface area contributed by atoms with Crippen LogP contribution in [0.5, 0.6) is 5.75 Å². The highest BCUT2D eigenvalue weighted by Crippen LogP contribution is 2.21. The van der Waals surface area contributed by atoms with Crippen molar-refractivity contribution >= 4 is 11.6 Å². The van der Waals surface area contributed by atoms with Gasteiger partial charge in [-0.25, -0.2) is 4.39 Å². The third-order valence-corrected chi connectivity index (χ3v) is 3.20. The fraction of sp³-hybridized carbons (Fsp3) is 0.500. The molecule has 1 aliphatic heterocycles. The van der Waals surface area contributed by atoms with Crippen LogP contribution in [0.4, 0.5) is 10.1 Å². The number of halogens is 1. The van der Waals surface area contributed by atoms with Crippen LogP contribution in [-0.2, 0) is 9.53 Å². The first-order chi connectivity index (χ1) is 9.13. The third-order valence-electron chi connectivity index (χ3n) is 3.20. The zero-order valence-corrected chi connectivity index (χ0v) is 10.7. The fourth-order valence-electron chi connectivity index (χ4n) is 2.24. The standard InChI is InChI=1S/C14H18FNO3/c15-11-6-12(8-13(17)7-11)16-14(18)4-3-10-2-1-5-19-9-10/h6-8,10,17H,1-5,9H2,(H,16,18). The predicted octanol–water partition coefficient (Wildman–Crippen LogP) is 2.68. The van der Waals surface area contributed by atoms with E-state index in [1.165, 1.54) is 12.1 Å². The molecule has 19 heavy (non-hydrogen) atoms. The normalized spacial score (nSPS) is 19.1. The molecule has 4 nitrogen and oxygen atoms in total. The quantitative estimate of drug-likeness (QED) is 0.881. The highest BCUT2D eigenvalue weighted by atomic mass is 19.1. The summed E-state index contributed by atoms with van der Waals surface area (Å²) in [5, 5.41) is 11.8. The SMILES string of the molecule is O=C(CCC1CCCOC1)Nc1cc(O)cc(F)c1. The van der Waals surface area contributed by atoms with Crippen LogP contribution in [-0.4, -0.2) is 24.2 Å². The molecular formula is C14H18FNO3. The van der Waals surface area contributed by atoms with Crippen molar-refractivity contribution in [1.29, 1.82) is 0 Å². The highest BCUT2D eigenvalue weighted by Gasteiger charge is 2.15. The number of carbonyl (C=O) groups is 1. The second-order valence-corrected chi connectivity index (χ2v) is 4.87. The van der Waals surface area contributed by atoms with Crippen LogP contribution >= 0.6 is 0 Å². The van der Waals surface area contributed by atoms with Crippen LogP contribution in [0.25, 0.3) is 0 Å². The van der Waals surface area contributed by atoms with Gasteiger partial charge < -0.3 is 15.2 Å². The van der Waals surface area contributed by atoms with Gasteiger partial charge in [0.1, 0.15) is 11.6 Å². The molecule has 0 spiro atoms. The number of nitrogens with one attached hydrogen (secondary N) is 1. The molecule has 0 saturated carbocycles. The first-order valence-electron chi connectivity index (χ1n) is 6.50. The van der Waals surface area contributed by atoms with E-state index in [4.69, 9.17) is 4.74 Å². The molecule has 5 heteroatoms. The lowest BCUT2D eigenvalue weighted by atomic mass is 9.97. The summed E-state index contributed by atoms with van der Waals surface area (Å²) in [5.41, 5.74) is 0.280. The molecule has 2 N–H and O–H groups in total. The fourth-order valence-corrected chi connectivity index (χ4v) is 2.24. The Bertz CT molecular complexity index is 424. The number of phenols is 1. The Hall–Kier alpha value is -1.62. The number of rotatable bonds is 4. The molecule has 0 radical (unpaired) electrons. The molecule has 1 aromatic rings. The van der Waals surface area contributed by atoms with Gasteiger partial charge in [0.15, 0.2) is 0 Å². The first-order valence-corrected chi connectivity index (χ1v) is 6.50. The number of phenolic OH excluding ortho intramolecular Hbond substituents is 1. The molecule has 1 saturated heterocycles. The van der Waals surface area contributed by atoms with Gasteiger partial charge in [-0.15, -0.1) is 0 Å². The Morgan fingerprint density at radius 2 is 2.32 bits per heavy atom. The molecule has 0 aromatic heterocycles. The summed E-state index contributed by atoms with van der Waals surface area (Å²) in [4.78, 5) is 11.7. The number of benzene rings is 1. The van der Waals surface area contributed by atoms with Crippen molar-refractivity contribution in [2.75, 3.05) is 18.5 Å². The number of hydrogen-bond acceptors (Lipinski definition) is 3. The van der Waals surface area contributed by atoms with E-state index >= 15 is 0 Å². The molecule has 1 amide bonds. The van der Waals surface area contributed by atoms with Gasteiger partial charge >= 0.3 is 0 Å². The summed E-state index contributed by atoms with van der Waals surface area (Å²) in [5.74, 6) is -0.511. The lowest BCUT2D eigenvalue weighted by Gasteiger charge is -2.21. The van der Waals surface area contributed by atoms with E-state index in [1.807, 2.05) is 0 Å². The van der Waals surface area contributed by atoms with Crippen LogP contribution in [0.2, 0.25) is 0 Å². The highest BCUT2D eigenvalue weighted by molar-refractivity contribution is 5.90. The van der Waals surface area contributed by atoms with E-state index in [-0.39, 0.29) is 17.3 Å². The summed E-state index contributed by atoms with van der Waals surface area (Å²) in [6, 6.07) is 3.50. The van der Waals surface area contributed by atoms with Crippen molar-refractivity contribution in [2.45, 2.75) is 25.7 Å². The van der Waals surface area contributed by atoms with Gasteiger partial charge in [0.25, 0.3) is 0 Å². The van der Waals surface area contributed by atoms with Crippen LogP contribution in [0.3, 0.4) is 0 Å². The smallest absolute Gasteiger partial charge is 0.224 e. The number of amides is 1. The van der Waals surface area contributed by atoms with Crippen molar-refractivity contribution in [3.8, 4) is 5.75 Å². The van der Waals surface area contributed by atoms with Crippen molar-refractivity contribution < 1.29 is 19.0 Å². The maximum Gasteiger partial charge on any atom is 0.224 e. The summed E-state index contributed by atoms with van der Waals surface area (Å²) >= 11 is 0. The minimum atomic E-state index is -0.573.